The summed E-state index contributed by atoms with van der Waals surface area (Å²) in [5, 5.41) is 23.9. The Bertz CT molecular complexity index is 1650. The molecule has 1 aliphatic heterocycles. The maximum Gasteiger partial charge on any atom is 0.175 e. The van der Waals surface area contributed by atoms with Crippen molar-refractivity contribution < 1.29 is 34.1 Å². The monoisotopic (exact) mass is 632 g/mol. The van der Waals surface area contributed by atoms with Gasteiger partial charge in [-0.15, -0.1) is 0 Å². The number of benzene rings is 1. The summed E-state index contributed by atoms with van der Waals surface area (Å²) in [4.78, 5) is 56.1. The van der Waals surface area contributed by atoms with Crippen molar-refractivity contribution in [2.75, 3.05) is 0 Å². The van der Waals surface area contributed by atoms with Gasteiger partial charge in [0.05, 0.1) is 10.8 Å². The summed E-state index contributed by atoms with van der Waals surface area (Å²) in [5.74, 6) is -3.75. The van der Waals surface area contributed by atoms with E-state index in [1.54, 1.807) is 61.5 Å². The van der Waals surface area contributed by atoms with Crippen LogP contribution in [0.25, 0.3) is 0 Å². The van der Waals surface area contributed by atoms with Crippen molar-refractivity contribution in [1.29, 1.82) is 0 Å². The van der Waals surface area contributed by atoms with E-state index in [9.17, 15) is 29.4 Å². The molecule has 0 saturated heterocycles. The van der Waals surface area contributed by atoms with Crippen LogP contribution < -0.4 is 4.74 Å². The Morgan fingerprint density at radius 3 is 1.85 bits per heavy atom. The molecule has 0 fully saturated rings. The molecule has 2 N–H and O–H groups in total. The number of hydrogen-bond donors (Lipinski definition) is 2. The van der Waals surface area contributed by atoms with Crippen LogP contribution in [-0.4, -0.2) is 33.3 Å². The lowest BCUT2D eigenvalue weighted by molar-refractivity contribution is -0.144. The van der Waals surface area contributed by atoms with Crippen molar-refractivity contribution in [3.05, 3.63) is 57.6 Å². The van der Waals surface area contributed by atoms with Gasteiger partial charge in [-0.3, -0.25) is 19.2 Å². The van der Waals surface area contributed by atoms with Crippen molar-refractivity contribution in [1.82, 2.24) is 0 Å². The Morgan fingerprint density at radius 2 is 1.37 bits per heavy atom. The lowest BCUT2D eigenvalue weighted by Gasteiger charge is -2.46. The van der Waals surface area contributed by atoms with Crippen LogP contribution in [0.4, 0.5) is 0 Å². The van der Waals surface area contributed by atoms with Gasteiger partial charge in [0.1, 0.15) is 28.6 Å². The highest BCUT2D eigenvalue weighted by molar-refractivity contribution is 6.20. The zero-order chi connectivity index (χ0) is 35.4. The molecular formula is C39H52O7. The molecule has 0 spiro atoms. The molecule has 0 saturated carbocycles. The van der Waals surface area contributed by atoms with Crippen molar-refractivity contribution in [2.24, 2.45) is 39.4 Å². The van der Waals surface area contributed by atoms with E-state index in [0.717, 1.165) is 0 Å². The van der Waals surface area contributed by atoms with Gasteiger partial charge in [-0.1, -0.05) is 53.7 Å². The topological polar surface area (TPSA) is 118 Å². The fourth-order valence-electron chi connectivity index (χ4n) is 7.95. The molecule has 4 rings (SSSR count). The van der Waals surface area contributed by atoms with E-state index in [1.165, 1.54) is 0 Å². The number of fused-ring (bicyclic) bond motifs is 1. The average Bonchev–Trinajstić information content (AvgIpc) is 2.94. The quantitative estimate of drug-likeness (QED) is 0.183. The van der Waals surface area contributed by atoms with Crippen LogP contribution in [0, 0.1) is 39.4 Å². The molecule has 250 valence electrons. The Morgan fingerprint density at radius 1 is 0.826 bits per heavy atom. The number of aliphatic hydroxyl groups excluding tert-OH is 1. The zero-order valence-corrected chi connectivity index (χ0v) is 30.1. The average molecular weight is 633 g/mol. The van der Waals surface area contributed by atoms with E-state index >= 15 is 0 Å². The first-order valence-electron chi connectivity index (χ1n) is 16.4. The van der Waals surface area contributed by atoms with Gasteiger partial charge in [-0.25, -0.2) is 0 Å². The van der Waals surface area contributed by atoms with Crippen LogP contribution in [0.5, 0.6) is 11.5 Å². The fourth-order valence-corrected chi connectivity index (χ4v) is 7.95. The molecule has 7 nitrogen and oxygen atoms in total. The molecule has 1 aromatic carbocycles. The first-order valence-corrected chi connectivity index (χ1v) is 16.4. The standard InChI is InChI=1S/C39H52O7/c1-17(2)23(25-31(42)36(8,9)20(7)37(10,11)32(25)43)21-16-22-24(18(3)4)26-33(44)38(12,13)35(45)39(14,15)34(26)46-30(22)27(29(21)41)28(40)19(5)6/h16-19,23-24,41-42H,7H2,1-6,8-15H3. The molecule has 0 bridgehead atoms. The van der Waals surface area contributed by atoms with Gasteiger partial charge in [0.25, 0.3) is 0 Å². The number of phenols is 1. The molecule has 0 aromatic heterocycles. The molecule has 0 radical (unpaired) electrons. The summed E-state index contributed by atoms with van der Waals surface area (Å²) in [6, 6.07) is 1.75. The first-order chi connectivity index (χ1) is 20.8. The van der Waals surface area contributed by atoms with Crippen molar-refractivity contribution in [2.45, 2.75) is 109 Å². The second-order valence-corrected chi connectivity index (χ2v) is 16.6. The summed E-state index contributed by atoms with van der Waals surface area (Å²) in [6.07, 6.45) is 0. The lowest BCUT2D eigenvalue weighted by atomic mass is 9.58. The third-order valence-corrected chi connectivity index (χ3v) is 10.8. The summed E-state index contributed by atoms with van der Waals surface area (Å²) in [7, 11) is 0. The minimum Gasteiger partial charge on any atom is -0.511 e. The number of aromatic hydroxyl groups is 1. The van der Waals surface area contributed by atoms with Crippen molar-refractivity contribution in [3.63, 3.8) is 0 Å². The maximum atomic E-state index is 14.2. The number of ketones is 4. The van der Waals surface area contributed by atoms with Gasteiger partial charge in [-0.2, -0.15) is 0 Å². The van der Waals surface area contributed by atoms with Gasteiger partial charge in [0.2, 0.25) is 0 Å². The number of ether oxygens (including phenoxy) is 1. The number of Topliss-reactive ketones (excluding diaryl/α,β-unsaturated/α-hetero) is 4. The Balaban J connectivity index is 2.18. The van der Waals surface area contributed by atoms with E-state index in [1.807, 2.05) is 41.5 Å². The third kappa shape index (κ3) is 4.66. The van der Waals surface area contributed by atoms with Gasteiger partial charge >= 0.3 is 0 Å². The molecule has 1 heterocycles. The minimum absolute atomic E-state index is 0.0443. The Labute approximate surface area is 274 Å². The molecule has 0 amide bonds. The molecule has 2 unspecified atom stereocenters. The van der Waals surface area contributed by atoms with Crippen LogP contribution in [0.3, 0.4) is 0 Å². The van der Waals surface area contributed by atoms with E-state index in [-0.39, 0.29) is 69.1 Å². The van der Waals surface area contributed by atoms with E-state index < -0.39 is 39.4 Å². The van der Waals surface area contributed by atoms with Crippen LogP contribution in [-0.2, 0) is 14.4 Å². The fraction of sp³-hybridized carbons (Fsp3) is 0.590. The third-order valence-electron chi connectivity index (χ3n) is 10.8. The highest BCUT2D eigenvalue weighted by atomic mass is 16.5. The number of phenolic OH excluding ortho intramolecular Hbond substituents is 1. The second kappa shape index (κ2) is 10.8. The molecular weight excluding hydrogens is 580 g/mol. The number of hydrogen-bond acceptors (Lipinski definition) is 7. The number of rotatable bonds is 6. The predicted octanol–water partition coefficient (Wildman–Crippen LogP) is 8.56. The SMILES string of the molecule is C=C1C(C)(C)C(=O)C(C(c2cc3c(c(C(=O)C(C)C)c2O)OC2=C(C(=O)C(C)(C)C(=O)C2(C)C)C3C(C)C)C(C)C)=C(O)C1(C)C. The van der Waals surface area contributed by atoms with E-state index in [0.29, 0.717) is 22.3 Å². The smallest absolute Gasteiger partial charge is 0.175 e. The number of aliphatic hydroxyl groups is 1. The predicted molar refractivity (Wildman–Crippen MR) is 179 cm³/mol. The molecule has 2 aliphatic carbocycles. The summed E-state index contributed by atoms with van der Waals surface area (Å²) >= 11 is 0. The van der Waals surface area contributed by atoms with Crippen molar-refractivity contribution in [3.8, 4) is 11.5 Å². The lowest BCUT2D eigenvalue weighted by Crippen LogP contribution is -2.52. The van der Waals surface area contributed by atoms with Crippen molar-refractivity contribution >= 4 is 23.1 Å². The van der Waals surface area contributed by atoms with E-state index in [2.05, 4.69) is 6.58 Å². The summed E-state index contributed by atoms with van der Waals surface area (Å²) in [5.41, 5.74) is -2.43. The van der Waals surface area contributed by atoms with Gasteiger partial charge < -0.3 is 14.9 Å². The van der Waals surface area contributed by atoms with Crippen LogP contribution in [0.15, 0.2) is 40.9 Å². The molecule has 1 aromatic rings. The first kappa shape index (κ1) is 35.4. The number of carbonyl (C=O) groups excluding carboxylic acids is 4. The van der Waals surface area contributed by atoms with Gasteiger partial charge in [0.15, 0.2) is 23.1 Å². The summed E-state index contributed by atoms with van der Waals surface area (Å²) in [6.45, 7) is 29.4. The number of allylic oxidation sites excluding steroid dienone is 4. The van der Waals surface area contributed by atoms with Crippen LogP contribution in [0.2, 0.25) is 0 Å². The molecule has 46 heavy (non-hydrogen) atoms. The normalized spacial score (nSPS) is 24.0. The molecule has 7 heteroatoms. The molecule has 2 atom stereocenters. The second-order valence-electron chi connectivity index (χ2n) is 16.6. The largest absolute Gasteiger partial charge is 0.511 e. The highest BCUT2D eigenvalue weighted by Crippen LogP contribution is 2.59. The Hall–Kier alpha value is -3.48. The highest BCUT2D eigenvalue weighted by Gasteiger charge is 2.58. The molecule has 3 aliphatic rings. The number of carbonyl (C=O) groups is 4. The van der Waals surface area contributed by atoms with Crippen LogP contribution >= 0.6 is 0 Å². The van der Waals surface area contributed by atoms with Gasteiger partial charge in [-0.05, 0) is 73.3 Å². The summed E-state index contributed by atoms with van der Waals surface area (Å²) < 4.78 is 6.53. The van der Waals surface area contributed by atoms with Crippen LogP contribution in [0.1, 0.15) is 130 Å². The zero-order valence-electron chi connectivity index (χ0n) is 30.1. The van der Waals surface area contributed by atoms with Gasteiger partial charge in [0, 0.05) is 50.9 Å². The minimum atomic E-state index is -1.29. The maximum absolute atomic E-state index is 14.2. The van der Waals surface area contributed by atoms with E-state index in [4.69, 9.17) is 4.74 Å². The Kier molecular flexibility index (Phi) is 8.29.